The lowest BCUT2D eigenvalue weighted by Crippen LogP contribution is -2.37. The number of nitrogen functional groups attached to an aromatic ring is 1. The molecule has 1 aromatic carbocycles. The minimum Gasteiger partial charge on any atom is -0.455 e. The Bertz CT molecular complexity index is 1900. The summed E-state index contributed by atoms with van der Waals surface area (Å²) >= 11 is 0. The van der Waals surface area contributed by atoms with Crippen LogP contribution in [0.1, 0.15) is 12.6 Å². The molecule has 1 aliphatic rings. The van der Waals surface area contributed by atoms with Gasteiger partial charge in [0.15, 0.2) is 23.8 Å². The number of carbonyl (C=O) groups excluding carboxylic acids is 1. The Morgan fingerprint density at radius 2 is 1.92 bits per heavy atom. The molecule has 0 radical (unpaired) electrons. The number of nitro benzene ring substituents is 1. The molecular weight excluding hydrogens is 717 g/mol. The van der Waals surface area contributed by atoms with Crippen LogP contribution in [0.15, 0.2) is 36.0 Å². The number of benzene rings is 1. The van der Waals surface area contributed by atoms with E-state index in [1.54, 1.807) is 0 Å². The minimum atomic E-state index is -5.85. The zero-order chi connectivity index (χ0) is 35.4. The minimum absolute atomic E-state index is 0.0274. The van der Waals surface area contributed by atoms with Crippen LogP contribution in [0, 0.1) is 10.1 Å². The number of hydrogen-bond acceptors (Lipinski definition) is 18. The first-order valence-electron chi connectivity index (χ1n) is 12.7. The van der Waals surface area contributed by atoms with Crippen LogP contribution in [0.3, 0.4) is 0 Å². The fourth-order valence-corrected chi connectivity index (χ4v) is 7.21. The fraction of sp³-hybridized carbons (Fsp3) is 0.368. The number of aliphatic hydroxyl groups is 1. The Labute approximate surface area is 265 Å². The molecule has 0 saturated carbocycles. The van der Waals surface area contributed by atoms with Gasteiger partial charge in [-0.1, -0.05) is 11.2 Å². The van der Waals surface area contributed by atoms with E-state index in [0.717, 1.165) is 18.7 Å². The van der Waals surface area contributed by atoms with Crippen LogP contribution in [0.2, 0.25) is 0 Å². The second-order valence-corrected chi connectivity index (χ2v) is 13.7. The normalized spacial score (nSPS) is 21.9. The van der Waals surface area contributed by atoms with E-state index in [1.165, 1.54) is 16.7 Å². The van der Waals surface area contributed by atoms with Gasteiger partial charge in [0, 0.05) is 23.2 Å². The van der Waals surface area contributed by atoms with Crippen molar-refractivity contribution in [3.8, 4) is 0 Å². The molecule has 1 fully saturated rings. The second kappa shape index (κ2) is 14.6. The van der Waals surface area contributed by atoms with Gasteiger partial charge in [0.1, 0.15) is 29.7 Å². The smallest absolute Gasteiger partial charge is 0.455 e. The van der Waals surface area contributed by atoms with E-state index in [0.29, 0.717) is 0 Å². The van der Waals surface area contributed by atoms with Crippen molar-refractivity contribution < 1.29 is 70.7 Å². The molecule has 2 unspecified atom stereocenters. The van der Waals surface area contributed by atoms with E-state index in [9.17, 15) is 43.5 Å². The molecule has 8 N–H and O–H groups in total. The Morgan fingerprint density at radius 1 is 1.19 bits per heavy atom. The highest BCUT2D eigenvalue weighted by atomic mass is 31.3. The van der Waals surface area contributed by atoms with Crippen LogP contribution in [0.5, 0.6) is 0 Å². The number of imidazole rings is 1. The summed E-state index contributed by atoms with van der Waals surface area (Å²) in [7, 11) is -17.1. The quantitative estimate of drug-likeness (QED) is 0.0219. The van der Waals surface area contributed by atoms with Crippen LogP contribution in [0.25, 0.3) is 21.6 Å². The third-order valence-corrected chi connectivity index (χ3v) is 9.84. The third kappa shape index (κ3) is 9.27. The summed E-state index contributed by atoms with van der Waals surface area (Å²) < 4.78 is 58.9. The van der Waals surface area contributed by atoms with Gasteiger partial charge >= 0.3 is 29.4 Å². The maximum atomic E-state index is 12.9. The van der Waals surface area contributed by atoms with E-state index < -0.39 is 77.6 Å². The lowest BCUT2D eigenvalue weighted by atomic mass is 10.1. The van der Waals surface area contributed by atoms with E-state index in [4.69, 9.17) is 30.5 Å². The summed E-state index contributed by atoms with van der Waals surface area (Å²) in [5, 5.41) is 28.4. The predicted octanol–water partition coefficient (Wildman–Crippen LogP) is 1.27. The third-order valence-electron chi connectivity index (χ3n) is 6.04. The number of aromatic nitrogens is 4. The van der Waals surface area contributed by atoms with Gasteiger partial charge in [-0.05, 0) is 11.6 Å². The van der Waals surface area contributed by atoms with E-state index in [-0.39, 0.29) is 34.9 Å². The first kappa shape index (κ1) is 36.7. The van der Waals surface area contributed by atoms with Crippen molar-refractivity contribution in [3.63, 3.8) is 0 Å². The molecule has 0 aliphatic carbocycles. The maximum absolute atomic E-state index is 12.9. The maximum Gasteiger partial charge on any atom is 0.490 e. The molecular formula is C19H23N10O16P3. The highest BCUT2D eigenvalue weighted by molar-refractivity contribution is 7.66. The average molecular weight is 740 g/mol. The summed E-state index contributed by atoms with van der Waals surface area (Å²) in [6.07, 6.45) is -4.84. The van der Waals surface area contributed by atoms with Crippen LogP contribution in [-0.2, 0) is 41.1 Å². The Kier molecular flexibility index (Phi) is 11.1. The van der Waals surface area contributed by atoms with Gasteiger partial charge in [-0.15, -0.1) is 0 Å². The molecule has 1 aliphatic heterocycles. The number of azide groups is 1. The monoisotopic (exact) mass is 740 g/mol. The predicted molar refractivity (Wildman–Crippen MR) is 154 cm³/mol. The lowest BCUT2D eigenvalue weighted by molar-refractivity contribution is -0.383. The van der Waals surface area contributed by atoms with Crippen molar-refractivity contribution in [3.05, 3.63) is 51.4 Å². The molecule has 29 heteroatoms. The highest BCUT2D eigenvalue weighted by Gasteiger charge is 2.49. The summed E-state index contributed by atoms with van der Waals surface area (Å²) in [5.41, 5.74) is 14.0. The SMILES string of the molecule is [N-]=[N+]=Nc1ccc(NCCC(=O)O[C@@H]2[C@H](O)[C@@H](COP(=O)(O)OP(=O)(O)OP(=O)(O)O)O[C@H]2n2cnc3c(N)ncnc32)c([N+](=O)[O-])c1. The topological polar surface area (TPSA) is 389 Å². The number of nitrogens with one attached hydrogen (secondary N) is 1. The van der Waals surface area contributed by atoms with Gasteiger partial charge in [-0.2, -0.15) is 8.62 Å². The first-order valence-corrected chi connectivity index (χ1v) is 17.2. The standard InChI is InChI=1S/C19H23N10O16P3/c20-17-14-18(24-7-23-17)28(8-25-14)19-16(15(31)12(42-19)6-41-47(37,38)45-48(39,40)44-46(34,35)36)43-13(30)3-4-22-10-2-1-9(26-27-21)5-11(10)29(32)33/h1-2,5,7-8,12,15-16,19,22,31H,3-4,6H2,(H,37,38)(H,39,40)(H2,20,23,24)(H2,34,35,36)/t12-,15-,16-,19-/m1/s1. The van der Waals surface area contributed by atoms with Gasteiger partial charge in [0.05, 0.1) is 24.3 Å². The lowest BCUT2D eigenvalue weighted by Gasteiger charge is -2.22. The van der Waals surface area contributed by atoms with Crippen LogP contribution in [-0.4, -0.2) is 86.6 Å². The molecule has 0 spiro atoms. The number of rotatable bonds is 15. The van der Waals surface area contributed by atoms with Gasteiger partial charge < -0.3 is 45.2 Å². The number of esters is 1. The van der Waals surface area contributed by atoms with Crippen molar-refractivity contribution in [2.75, 3.05) is 24.2 Å². The number of fused-ring (bicyclic) bond motifs is 1. The molecule has 3 aromatic rings. The Morgan fingerprint density at radius 3 is 2.58 bits per heavy atom. The molecule has 48 heavy (non-hydrogen) atoms. The van der Waals surface area contributed by atoms with Gasteiger partial charge in [-0.3, -0.25) is 24.0 Å². The summed E-state index contributed by atoms with van der Waals surface area (Å²) in [6.45, 7) is -1.33. The Balaban J connectivity index is 1.49. The number of nitro groups is 1. The number of anilines is 2. The van der Waals surface area contributed by atoms with Gasteiger partial charge in [0.2, 0.25) is 0 Å². The summed E-state index contributed by atoms with van der Waals surface area (Å²) in [6, 6.07) is 3.54. The average Bonchev–Trinajstić information content (AvgIpc) is 3.52. The van der Waals surface area contributed by atoms with Crippen LogP contribution < -0.4 is 11.1 Å². The van der Waals surface area contributed by atoms with Crippen molar-refractivity contribution >= 4 is 63.5 Å². The molecule has 2 aromatic heterocycles. The molecule has 26 nitrogen and oxygen atoms in total. The molecule has 3 heterocycles. The molecule has 1 saturated heterocycles. The molecule has 4 rings (SSSR count). The fourth-order valence-electron chi connectivity index (χ4n) is 4.18. The second-order valence-electron chi connectivity index (χ2n) is 9.30. The molecule has 0 amide bonds. The zero-order valence-corrected chi connectivity index (χ0v) is 26.2. The first-order chi connectivity index (χ1) is 22.4. The summed E-state index contributed by atoms with van der Waals surface area (Å²) in [5.74, 6) is -1.04. The van der Waals surface area contributed by atoms with Gasteiger partial charge in [0.25, 0.3) is 5.69 Å². The number of carbonyl (C=O) groups is 1. The van der Waals surface area contributed by atoms with E-state index >= 15 is 0 Å². The molecule has 0 bridgehead atoms. The highest BCUT2D eigenvalue weighted by Crippen LogP contribution is 2.66. The number of ether oxygens (including phenoxy) is 2. The number of aliphatic hydroxyl groups excluding tert-OH is 1. The largest absolute Gasteiger partial charge is 0.490 e. The van der Waals surface area contributed by atoms with Crippen LogP contribution in [0.4, 0.5) is 22.9 Å². The number of phosphoric acid groups is 3. The number of hydrogen-bond donors (Lipinski definition) is 7. The van der Waals surface area contributed by atoms with E-state index in [1.807, 2.05) is 0 Å². The number of nitrogens with zero attached hydrogens (tertiary/aromatic N) is 8. The van der Waals surface area contributed by atoms with Gasteiger partial charge in [-0.25, -0.2) is 28.6 Å². The van der Waals surface area contributed by atoms with Crippen molar-refractivity contribution in [1.29, 1.82) is 0 Å². The van der Waals surface area contributed by atoms with Crippen molar-refractivity contribution in [1.82, 2.24) is 19.5 Å². The Hall–Kier alpha value is -4.12. The van der Waals surface area contributed by atoms with Crippen molar-refractivity contribution in [2.24, 2.45) is 5.11 Å². The number of phosphoric ester groups is 1. The number of nitrogens with two attached hydrogens (primary N) is 1. The molecule has 260 valence electrons. The van der Waals surface area contributed by atoms with Crippen molar-refractivity contribution in [2.45, 2.75) is 31.0 Å². The summed E-state index contributed by atoms with van der Waals surface area (Å²) in [4.78, 5) is 74.5. The van der Waals surface area contributed by atoms with E-state index in [2.05, 4.69) is 43.4 Å². The molecule has 6 atom stereocenters. The zero-order valence-electron chi connectivity index (χ0n) is 23.5. The van der Waals surface area contributed by atoms with Crippen LogP contribution >= 0.6 is 23.5 Å².